The van der Waals surface area contributed by atoms with Crippen molar-refractivity contribution < 1.29 is 9.59 Å². The Balaban J connectivity index is 1.11. The third-order valence-corrected chi connectivity index (χ3v) is 10.0. The van der Waals surface area contributed by atoms with Crippen LogP contribution in [0, 0.1) is 0 Å². The van der Waals surface area contributed by atoms with Gasteiger partial charge in [0.1, 0.15) is 0 Å². The first-order valence-electron chi connectivity index (χ1n) is 14.5. The first kappa shape index (κ1) is 26.0. The lowest BCUT2D eigenvalue weighted by Gasteiger charge is -2.45. The average Bonchev–Trinajstić information content (AvgIpc) is 3.41. The molecule has 1 N–H and O–H groups in total. The number of rotatable bonds is 6. The molecule has 0 aliphatic carbocycles. The average molecular weight is 553 g/mol. The van der Waals surface area contributed by atoms with Crippen LogP contribution in [-0.4, -0.2) is 57.7 Å². The Labute approximate surface area is 241 Å². The number of thiol groups is 1. The Morgan fingerprint density at radius 2 is 1.48 bits per heavy atom. The minimum absolute atomic E-state index is 0.134. The molecule has 0 aromatic heterocycles. The fraction of sp³-hybridized carbons (Fsp3) is 0.394. The second-order valence-corrected chi connectivity index (χ2v) is 12.2. The largest absolute Gasteiger partial charge is 0.295 e. The smallest absolute Gasteiger partial charge is 0.243 e. The summed E-state index contributed by atoms with van der Waals surface area (Å²) in [6, 6.07) is 29.4. The summed E-state index contributed by atoms with van der Waals surface area (Å²) in [4.78, 5) is 32.0. The molecule has 2 amide bonds. The van der Waals surface area contributed by atoms with Gasteiger partial charge in [0, 0.05) is 44.7 Å². The molecule has 4 unspecified atom stereocenters. The highest BCUT2D eigenvalue weighted by atomic mass is 32.1. The van der Waals surface area contributed by atoms with Crippen LogP contribution in [-0.2, 0) is 22.7 Å². The maximum absolute atomic E-state index is 12.7. The van der Waals surface area contributed by atoms with Gasteiger partial charge in [0.15, 0.2) is 0 Å². The topological polar surface area (TPSA) is 55.9 Å². The van der Waals surface area contributed by atoms with Gasteiger partial charge in [0.2, 0.25) is 11.8 Å². The van der Waals surface area contributed by atoms with Crippen molar-refractivity contribution >= 4 is 24.4 Å². The normalized spacial score (nSPS) is 27.2. The van der Waals surface area contributed by atoms with E-state index in [0.717, 1.165) is 19.6 Å². The Morgan fingerprint density at radius 3 is 2.10 bits per heavy atom. The van der Waals surface area contributed by atoms with E-state index in [9.17, 15) is 9.59 Å². The van der Waals surface area contributed by atoms with E-state index in [1.165, 1.54) is 40.7 Å². The van der Waals surface area contributed by atoms with Crippen molar-refractivity contribution in [3.05, 3.63) is 107 Å². The van der Waals surface area contributed by atoms with E-state index in [4.69, 9.17) is 12.6 Å². The molecule has 6 nitrogen and oxygen atoms in total. The molecule has 40 heavy (non-hydrogen) atoms. The lowest BCUT2D eigenvalue weighted by atomic mass is 9.95. The maximum Gasteiger partial charge on any atom is 0.243 e. The van der Waals surface area contributed by atoms with E-state index < -0.39 is 0 Å². The second-order valence-electron chi connectivity index (χ2n) is 11.7. The number of piperazine rings is 1. The number of benzene rings is 3. The Morgan fingerprint density at radius 1 is 0.825 bits per heavy atom. The summed E-state index contributed by atoms with van der Waals surface area (Å²) in [5.41, 5.74) is 6.57. The van der Waals surface area contributed by atoms with Crippen LogP contribution in [0.1, 0.15) is 64.9 Å². The number of nitrogens with zero attached hydrogens (tertiary/aromatic N) is 3. The summed E-state index contributed by atoms with van der Waals surface area (Å²) in [5, 5.41) is 2.39. The zero-order chi connectivity index (χ0) is 27.2. The van der Waals surface area contributed by atoms with Crippen LogP contribution in [0.15, 0.2) is 78.9 Å². The number of hydrogen-bond donors (Lipinski definition) is 2. The van der Waals surface area contributed by atoms with Gasteiger partial charge < -0.3 is 0 Å². The zero-order valence-corrected chi connectivity index (χ0v) is 23.5. The lowest BCUT2D eigenvalue weighted by molar-refractivity contribution is -0.137. The Kier molecular flexibility index (Phi) is 7.00. The number of hydrogen-bond acceptors (Lipinski definition) is 6. The standard InChI is InChI=1S/C33H36N4O2S/c38-30-17-16-29(32(39)34-30)37-21-28-24(12-7-13-27(28)33(37)40)18-36-25-14-15-26(36)20-35(19-25)31(22-8-3-1-4-9-22)23-10-5-2-6-11-23/h1-13,25-26,29,31,33,40H,14-21H2,(H,34,38,39). The van der Waals surface area contributed by atoms with Crippen molar-refractivity contribution in [3.8, 4) is 0 Å². The van der Waals surface area contributed by atoms with Gasteiger partial charge in [-0.25, -0.2) is 0 Å². The maximum atomic E-state index is 12.7. The summed E-state index contributed by atoms with van der Waals surface area (Å²) < 4.78 is 0. The van der Waals surface area contributed by atoms with Crippen molar-refractivity contribution in [2.24, 2.45) is 0 Å². The van der Waals surface area contributed by atoms with E-state index in [1.54, 1.807) is 0 Å². The number of piperidine rings is 1. The van der Waals surface area contributed by atoms with E-state index in [0.29, 0.717) is 31.5 Å². The molecule has 0 saturated carbocycles. The number of fused-ring (bicyclic) bond motifs is 3. The van der Waals surface area contributed by atoms with E-state index in [1.807, 2.05) is 0 Å². The molecule has 4 heterocycles. The fourth-order valence-corrected chi connectivity index (χ4v) is 8.02. The number of likely N-dealkylation sites (tertiary alicyclic amines) is 1. The van der Waals surface area contributed by atoms with E-state index in [-0.39, 0.29) is 29.3 Å². The van der Waals surface area contributed by atoms with Crippen molar-refractivity contribution in [1.29, 1.82) is 0 Å². The van der Waals surface area contributed by atoms with Crippen molar-refractivity contribution in [2.45, 2.75) is 68.3 Å². The van der Waals surface area contributed by atoms with Crippen LogP contribution in [0.25, 0.3) is 0 Å². The highest BCUT2D eigenvalue weighted by Gasteiger charge is 2.44. The Hall–Kier alpha value is -2.97. The van der Waals surface area contributed by atoms with Gasteiger partial charge in [0.05, 0.1) is 17.5 Å². The highest BCUT2D eigenvalue weighted by molar-refractivity contribution is 7.80. The third kappa shape index (κ3) is 4.69. The van der Waals surface area contributed by atoms with Crippen LogP contribution in [0.2, 0.25) is 0 Å². The first-order valence-corrected chi connectivity index (χ1v) is 15.1. The summed E-state index contributed by atoms with van der Waals surface area (Å²) in [6.45, 7) is 3.73. The summed E-state index contributed by atoms with van der Waals surface area (Å²) in [7, 11) is 0. The van der Waals surface area contributed by atoms with Gasteiger partial charge in [0.25, 0.3) is 0 Å². The summed E-state index contributed by atoms with van der Waals surface area (Å²) >= 11 is 4.95. The molecule has 0 spiro atoms. The third-order valence-electron chi connectivity index (χ3n) is 9.46. The van der Waals surface area contributed by atoms with Crippen LogP contribution < -0.4 is 5.32 Å². The molecule has 3 saturated heterocycles. The van der Waals surface area contributed by atoms with Gasteiger partial charge in [-0.15, -0.1) is 0 Å². The molecule has 7 rings (SSSR count). The summed E-state index contributed by atoms with van der Waals surface area (Å²) in [5.74, 6) is -0.365. The molecule has 3 aromatic rings. The van der Waals surface area contributed by atoms with Crippen molar-refractivity contribution in [3.63, 3.8) is 0 Å². The van der Waals surface area contributed by atoms with Gasteiger partial charge >= 0.3 is 0 Å². The molecule has 3 aromatic carbocycles. The van der Waals surface area contributed by atoms with Gasteiger partial charge in [-0.2, -0.15) is 12.6 Å². The predicted molar refractivity (Wildman–Crippen MR) is 159 cm³/mol. The molecular weight excluding hydrogens is 516 g/mol. The molecular formula is C33H36N4O2S. The first-order chi connectivity index (χ1) is 19.6. The zero-order valence-electron chi connectivity index (χ0n) is 22.7. The van der Waals surface area contributed by atoms with Crippen LogP contribution in [0.3, 0.4) is 0 Å². The quantitative estimate of drug-likeness (QED) is 0.344. The molecule has 4 atom stereocenters. The highest BCUT2D eigenvalue weighted by Crippen LogP contribution is 2.43. The molecule has 2 bridgehead atoms. The van der Waals surface area contributed by atoms with Crippen molar-refractivity contribution in [2.75, 3.05) is 13.1 Å². The Bertz CT molecular complexity index is 1350. The number of nitrogens with one attached hydrogen (secondary N) is 1. The SMILES string of the molecule is O=C1CCC(N2Cc3c(CN4C5CCC4CN(C(c4ccccc4)c4ccccc4)C5)cccc3C2S)C(=O)N1. The molecule has 3 fully saturated rings. The predicted octanol–water partition coefficient (Wildman–Crippen LogP) is 4.67. The number of carbonyl (C=O) groups is 2. The van der Waals surface area contributed by atoms with Gasteiger partial charge in [-0.3, -0.25) is 29.6 Å². The number of carbonyl (C=O) groups excluding carboxylic acids is 2. The van der Waals surface area contributed by atoms with Gasteiger partial charge in [-0.05, 0) is 47.1 Å². The fourth-order valence-electron chi connectivity index (χ4n) is 7.54. The van der Waals surface area contributed by atoms with E-state index in [2.05, 4.69) is 98.9 Å². The van der Waals surface area contributed by atoms with Crippen LogP contribution in [0.4, 0.5) is 0 Å². The molecule has 4 aliphatic heterocycles. The molecule has 206 valence electrons. The second kappa shape index (κ2) is 10.8. The lowest BCUT2D eigenvalue weighted by Crippen LogP contribution is -2.54. The summed E-state index contributed by atoms with van der Waals surface area (Å²) in [6.07, 6.45) is 3.40. The van der Waals surface area contributed by atoms with Gasteiger partial charge in [-0.1, -0.05) is 78.9 Å². The van der Waals surface area contributed by atoms with E-state index >= 15 is 0 Å². The number of amides is 2. The van der Waals surface area contributed by atoms with Crippen LogP contribution in [0.5, 0.6) is 0 Å². The van der Waals surface area contributed by atoms with Crippen molar-refractivity contribution in [1.82, 2.24) is 20.0 Å². The minimum atomic E-state index is -0.312. The minimum Gasteiger partial charge on any atom is -0.295 e. The monoisotopic (exact) mass is 552 g/mol. The van der Waals surface area contributed by atoms with Crippen LogP contribution >= 0.6 is 12.6 Å². The molecule has 4 aliphatic rings. The molecule has 0 radical (unpaired) electrons. The molecule has 7 heteroatoms. The number of imide groups is 1.